The third-order valence-electron chi connectivity index (χ3n) is 1.97. The molecule has 96 valence electrons. The number of thioether (sulfide) groups is 1. The number of pyridine rings is 1. The second-order valence-electron chi connectivity index (χ2n) is 6.43. The number of rotatable bonds is 2. The molecule has 0 aliphatic rings. The van der Waals surface area contributed by atoms with Crippen molar-refractivity contribution in [1.82, 2.24) is 4.98 Å². The first-order chi connectivity index (χ1) is 7.57. The van der Waals surface area contributed by atoms with Crippen LogP contribution in [0.2, 0.25) is 0 Å². The van der Waals surface area contributed by atoms with E-state index in [9.17, 15) is 0 Å². The van der Waals surface area contributed by atoms with Gasteiger partial charge in [-0.15, -0.1) is 11.8 Å². The molecule has 1 N–H and O–H groups in total. The first-order valence-corrected chi connectivity index (χ1v) is 6.82. The number of hydrogen-bond donors (Lipinski definition) is 1. The fourth-order valence-corrected chi connectivity index (χ4v) is 2.49. The van der Waals surface area contributed by atoms with Gasteiger partial charge in [-0.2, -0.15) is 0 Å². The molecule has 0 bridgehead atoms. The Labute approximate surface area is 110 Å². The van der Waals surface area contributed by atoms with Gasteiger partial charge >= 0.3 is 0 Å². The molecule has 0 aliphatic heterocycles. The van der Waals surface area contributed by atoms with Gasteiger partial charge in [-0.1, -0.05) is 20.8 Å². The van der Waals surface area contributed by atoms with Crippen molar-refractivity contribution in [1.29, 1.82) is 0 Å². The number of aryl methyl sites for hydroxylation is 1. The number of aromatic nitrogens is 1. The molecule has 0 fully saturated rings. The van der Waals surface area contributed by atoms with Crippen LogP contribution in [-0.4, -0.2) is 15.3 Å². The maximum Gasteiger partial charge on any atom is 0.129 e. The predicted molar refractivity (Wildman–Crippen MR) is 78.0 cm³/mol. The highest BCUT2D eigenvalue weighted by atomic mass is 32.2. The monoisotopic (exact) mass is 252 g/mol. The summed E-state index contributed by atoms with van der Waals surface area (Å²) in [6.45, 7) is 15.2. The summed E-state index contributed by atoms with van der Waals surface area (Å²) in [6, 6.07) is 2.21. The molecule has 17 heavy (non-hydrogen) atoms. The summed E-state index contributed by atoms with van der Waals surface area (Å²) >= 11 is 1.85. The summed E-state index contributed by atoms with van der Waals surface area (Å²) in [5.41, 5.74) is 1.25. The lowest BCUT2D eigenvalue weighted by Gasteiger charge is -2.23. The summed E-state index contributed by atoms with van der Waals surface area (Å²) in [5.74, 6) is 0.982. The highest BCUT2D eigenvalue weighted by Gasteiger charge is 2.15. The normalized spacial score (nSPS) is 12.6. The van der Waals surface area contributed by atoms with Crippen molar-refractivity contribution in [2.45, 2.75) is 63.6 Å². The van der Waals surface area contributed by atoms with Gasteiger partial charge < -0.3 is 5.32 Å². The van der Waals surface area contributed by atoms with Crippen LogP contribution in [0.25, 0.3) is 0 Å². The van der Waals surface area contributed by atoms with Crippen molar-refractivity contribution in [3.63, 3.8) is 0 Å². The zero-order valence-electron chi connectivity index (χ0n) is 12.0. The molecule has 1 heterocycles. The Kier molecular flexibility index (Phi) is 4.13. The molecule has 0 aliphatic carbocycles. The minimum atomic E-state index is 0.0520. The summed E-state index contributed by atoms with van der Waals surface area (Å²) in [7, 11) is 0. The summed E-state index contributed by atoms with van der Waals surface area (Å²) in [6.07, 6.45) is 1.96. The SMILES string of the molecule is Cc1cc(SC(C)(C)C)cnc1NC(C)(C)C. The molecule has 1 aromatic rings. The number of hydrogen-bond acceptors (Lipinski definition) is 3. The lowest BCUT2D eigenvalue weighted by atomic mass is 10.1. The fourth-order valence-electron chi connectivity index (χ4n) is 1.44. The Morgan fingerprint density at radius 3 is 2.12 bits per heavy atom. The van der Waals surface area contributed by atoms with E-state index < -0.39 is 0 Å². The van der Waals surface area contributed by atoms with Crippen molar-refractivity contribution < 1.29 is 0 Å². The van der Waals surface area contributed by atoms with Crippen molar-refractivity contribution >= 4 is 17.6 Å². The molecule has 1 rings (SSSR count). The molecule has 0 saturated heterocycles. The van der Waals surface area contributed by atoms with E-state index in [-0.39, 0.29) is 10.3 Å². The average Bonchev–Trinajstić information content (AvgIpc) is 2.05. The van der Waals surface area contributed by atoms with E-state index in [1.807, 2.05) is 18.0 Å². The van der Waals surface area contributed by atoms with E-state index in [1.54, 1.807) is 0 Å². The van der Waals surface area contributed by atoms with Crippen LogP contribution < -0.4 is 5.32 Å². The molecule has 0 aromatic carbocycles. The van der Waals surface area contributed by atoms with Crippen LogP contribution in [0.3, 0.4) is 0 Å². The lowest BCUT2D eigenvalue weighted by molar-refractivity contribution is 0.629. The van der Waals surface area contributed by atoms with E-state index >= 15 is 0 Å². The van der Waals surface area contributed by atoms with Gasteiger partial charge in [0.05, 0.1) is 0 Å². The Hall–Kier alpha value is -0.700. The van der Waals surface area contributed by atoms with Gasteiger partial charge in [0.1, 0.15) is 5.82 Å². The molecule has 2 nitrogen and oxygen atoms in total. The van der Waals surface area contributed by atoms with Crippen LogP contribution in [0.15, 0.2) is 17.2 Å². The van der Waals surface area contributed by atoms with E-state index in [0.29, 0.717) is 0 Å². The molecular formula is C14H24N2S. The van der Waals surface area contributed by atoms with Crippen LogP contribution in [0.5, 0.6) is 0 Å². The van der Waals surface area contributed by atoms with Gasteiger partial charge in [0.25, 0.3) is 0 Å². The van der Waals surface area contributed by atoms with Gasteiger partial charge in [-0.25, -0.2) is 4.98 Å². The Bertz CT molecular complexity index is 386. The highest BCUT2D eigenvalue weighted by Crippen LogP contribution is 2.32. The smallest absolute Gasteiger partial charge is 0.129 e. The van der Waals surface area contributed by atoms with Gasteiger partial charge in [0, 0.05) is 21.4 Å². The van der Waals surface area contributed by atoms with Crippen molar-refractivity contribution in [3.05, 3.63) is 17.8 Å². The fraction of sp³-hybridized carbons (Fsp3) is 0.643. The van der Waals surface area contributed by atoms with Crippen molar-refractivity contribution in [2.24, 2.45) is 0 Å². The Balaban J connectivity index is 2.87. The third kappa shape index (κ3) is 5.44. The van der Waals surface area contributed by atoms with Crippen molar-refractivity contribution in [3.8, 4) is 0 Å². The molecule has 3 heteroatoms. The molecule has 0 amide bonds. The van der Waals surface area contributed by atoms with E-state index in [4.69, 9.17) is 0 Å². The standard InChI is InChI=1S/C14H24N2S/c1-10-8-11(17-14(5,6)7)9-15-12(10)16-13(2,3)4/h8-9H,1-7H3,(H,15,16). The van der Waals surface area contributed by atoms with E-state index in [2.05, 4.69) is 64.8 Å². The molecule has 0 spiro atoms. The number of nitrogens with one attached hydrogen (secondary N) is 1. The van der Waals surface area contributed by atoms with Gasteiger partial charge in [0.2, 0.25) is 0 Å². The third-order valence-corrected chi connectivity index (χ3v) is 3.04. The highest BCUT2D eigenvalue weighted by molar-refractivity contribution is 8.00. The van der Waals surface area contributed by atoms with Crippen LogP contribution in [0.1, 0.15) is 47.1 Å². The minimum Gasteiger partial charge on any atom is -0.365 e. The minimum absolute atomic E-state index is 0.0520. The average molecular weight is 252 g/mol. The molecule has 1 aromatic heterocycles. The van der Waals surface area contributed by atoms with Gasteiger partial charge in [0.15, 0.2) is 0 Å². The Morgan fingerprint density at radius 1 is 1.12 bits per heavy atom. The Morgan fingerprint density at radius 2 is 1.71 bits per heavy atom. The van der Waals surface area contributed by atoms with E-state index in [0.717, 1.165) is 5.82 Å². The quantitative estimate of drug-likeness (QED) is 0.785. The lowest BCUT2D eigenvalue weighted by Crippen LogP contribution is -2.27. The maximum absolute atomic E-state index is 4.52. The van der Waals surface area contributed by atoms with Gasteiger partial charge in [-0.05, 0) is 39.3 Å². The topological polar surface area (TPSA) is 24.9 Å². The van der Waals surface area contributed by atoms with Crippen molar-refractivity contribution in [2.75, 3.05) is 5.32 Å². The van der Waals surface area contributed by atoms with Crippen LogP contribution in [-0.2, 0) is 0 Å². The molecule has 0 radical (unpaired) electrons. The first kappa shape index (κ1) is 14.4. The molecular weight excluding hydrogens is 228 g/mol. The van der Waals surface area contributed by atoms with Crippen LogP contribution in [0, 0.1) is 6.92 Å². The summed E-state index contributed by atoms with van der Waals surface area (Å²) in [5, 5.41) is 3.42. The van der Waals surface area contributed by atoms with Crippen LogP contribution in [0.4, 0.5) is 5.82 Å². The van der Waals surface area contributed by atoms with Crippen LogP contribution >= 0.6 is 11.8 Å². The first-order valence-electron chi connectivity index (χ1n) is 6.01. The largest absolute Gasteiger partial charge is 0.365 e. The molecule has 0 unspecified atom stereocenters. The summed E-state index contributed by atoms with van der Waals surface area (Å²) < 4.78 is 0.229. The zero-order valence-corrected chi connectivity index (χ0v) is 12.8. The van der Waals surface area contributed by atoms with Gasteiger partial charge in [-0.3, -0.25) is 0 Å². The predicted octanol–water partition coefficient (Wildman–Crippen LogP) is 4.49. The second-order valence-corrected chi connectivity index (χ2v) is 8.33. The second kappa shape index (κ2) is 4.89. The summed E-state index contributed by atoms with van der Waals surface area (Å²) in [4.78, 5) is 5.75. The zero-order chi connectivity index (χ0) is 13.3. The molecule has 0 saturated carbocycles. The van der Waals surface area contributed by atoms with E-state index in [1.165, 1.54) is 10.5 Å². The number of anilines is 1. The molecule has 0 atom stereocenters. The number of nitrogens with zero attached hydrogens (tertiary/aromatic N) is 1. The maximum atomic E-state index is 4.52.